The highest BCUT2D eigenvalue weighted by atomic mass is 127. The number of nitrogens with zero attached hydrogens (tertiary/aromatic N) is 2. The molecule has 0 radical (unpaired) electrons. The summed E-state index contributed by atoms with van der Waals surface area (Å²) in [5.41, 5.74) is 0.408. The van der Waals surface area contributed by atoms with Crippen LogP contribution in [0.1, 0.15) is 12.8 Å². The molecule has 1 saturated heterocycles. The molecule has 0 unspecified atom stereocenters. The van der Waals surface area contributed by atoms with Crippen molar-refractivity contribution in [2.24, 2.45) is 0 Å². The number of likely N-dealkylation sites (tertiary alicyclic amines) is 1. The lowest BCUT2D eigenvalue weighted by atomic mass is 10.0. The number of alkyl halides is 3. The van der Waals surface area contributed by atoms with Gasteiger partial charge >= 0.3 is 16.8 Å². The van der Waals surface area contributed by atoms with E-state index in [9.17, 15) is 18.4 Å². The van der Waals surface area contributed by atoms with Crippen LogP contribution in [0.25, 0.3) is 0 Å². The van der Waals surface area contributed by atoms with Crippen molar-refractivity contribution < 1.29 is 23.5 Å². The number of piperidine rings is 1. The second-order valence-corrected chi connectivity index (χ2v) is 7.28. The molecule has 0 atom stereocenters. The van der Waals surface area contributed by atoms with Gasteiger partial charge in [0.25, 0.3) is 0 Å². The predicted molar refractivity (Wildman–Crippen MR) is 93.1 cm³/mol. The molecule has 1 fully saturated rings. The van der Waals surface area contributed by atoms with Crippen LogP contribution >= 0.6 is 38.5 Å². The molecule has 1 aliphatic heterocycles. The summed E-state index contributed by atoms with van der Waals surface area (Å²) in [4.78, 5) is 21.8. The van der Waals surface area contributed by atoms with Gasteiger partial charge in [0.15, 0.2) is 0 Å². The van der Waals surface area contributed by atoms with Gasteiger partial charge in [0.1, 0.15) is 0 Å². The summed E-state index contributed by atoms with van der Waals surface area (Å²) in [5.74, 6) is -1.34. The van der Waals surface area contributed by atoms with Crippen LogP contribution in [-0.4, -0.2) is 46.0 Å². The van der Waals surface area contributed by atoms with Crippen LogP contribution in [-0.2, 0) is 4.79 Å². The fraction of sp³-hybridized carbons (Fsp3) is 0.429. The van der Waals surface area contributed by atoms with Gasteiger partial charge in [-0.05, 0) is 47.6 Å². The lowest BCUT2D eigenvalue weighted by molar-refractivity contribution is -0.132. The molecular weight excluding hydrogens is 489 g/mol. The van der Waals surface area contributed by atoms with E-state index in [2.05, 4.69) is 15.9 Å². The highest BCUT2D eigenvalue weighted by molar-refractivity contribution is 14.1. The number of benzene rings is 1. The maximum absolute atomic E-state index is 13.6. The van der Waals surface area contributed by atoms with Crippen molar-refractivity contribution in [3.05, 3.63) is 27.8 Å². The highest BCUT2D eigenvalue weighted by Crippen LogP contribution is 2.34. The van der Waals surface area contributed by atoms with Crippen molar-refractivity contribution >= 4 is 56.2 Å². The number of amides is 2. The van der Waals surface area contributed by atoms with E-state index in [-0.39, 0.29) is 13.1 Å². The molecule has 126 valence electrons. The van der Waals surface area contributed by atoms with Gasteiger partial charge in [-0.15, -0.1) is 0 Å². The molecule has 23 heavy (non-hydrogen) atoms. The van der Waals surface area contributed by atoms with Crippen molar-refractivity contribution in [3.8, 4) is 0 Å². The third-order valence-corrected chi connectivity index (χ3v) is 4.92. The monoisotopic (exact) mass is 502 g/mol. The first-order valence-corrected chi connectivity index (χ1v) is 8.71. The van der Waals surface area contributed by atoms with E-state index in [1.807, 2.05) is 22.6 Å². The Morgan fingerprint density at radius 3 is 2.35 bits per heavy atom. The van der Waals surface area contributed by atoms with Crippen LogP contribution in [0, 0.1) is 3.57 Å². The number of anilines is 1. The number of carbonyl (C=O) groups is 2. The van der Waals surface area contributed by atoms with Crippen molar-refractivity contribution in [1.29, 1.82) is 0 Å². The minimum absolute atomic E-state index is 0.209. The molecule has 0 spiro atoms. The molecule has 1 heterocycles. The van der Waals surface area contributed by atoms with E-state index in [0.717, 1.165) is 4.90 Å². The number of carbonyl (C=O) groups excluding carboxylic acids is 1. The summed E-state index contributed by atoms with van der Waals surface area (Å²) in [5, 5.41) is 8.98. The van der Waals surface area contributed by atoms with E-state index in [1.165, 1.54) is 4.90 Å². The van der Waals surface area contributed by atoms with Crippen molar-refractivity contribution in [2.75, 3.05) is 18.0 Å². The van der Waals surface area contributed by atoms with Gasteiger partial charge in [0.05, 0.1) is 5.69 Å². The molecular formula is C14H14BrF2IN2O3. The van der Waals surface area contributed by atoms with Gasteiger partial charge in [0, 0.05) is 38.6 Å². The summed E-state index contributed by atoms with van der Waals surface area (Å²) < 4.78 is 27.8. The number of hydrogen-bond donors (Lipinski definition) is 1. The zero-order valence-corrected chi connectivity index (χ0v) is 15.6. The van der Waals surface area contributed by atoms with E-state index < -0.39 is 22.9 Å². The minimum Gasteiger partial charge on any atom is -0.465 e. The number of rotatable bonds is 3. The van der Waals surface area contributed by atoms with Gasteiger partial charge in [-0.3, -0.25) is 4.79 Å². The second-order valence-electron chi connectivity index (χ2n) is 5.13. The number of halogens is 4. The zero-order chi connectivity index (χ0) is 17.2. The van der Waals surface area contributed by atoms with Crippen LogP contribution in [0.5, 0.6) is 0 Å². The Morgan fingerprint density at radius 1 is 1.30 bits per heavy atom. The average Bonchev–Trinajstić information content (AvgIpc) is 2.49. The largest absolute Gasteiger partial charge is 0.465 e. The first kappa shape index (κ1) is 18.4. The number of para-hydroxylation sites is 1. The molecule has 1 N–H and O–H groups in total. The Kier molecular flexibility index (Phi) is 5.82. The Labute approximate surface area is 153 Å². The van der Waals surface area contributed by atoms with Crippen LogP contribution < -0.4 is 4.90 Å². The van der Waals surface area contributed by atoms with Crippen molar-refractivity contribution in [3.63, 3.8) is 0 Å². The molecule has 1 aromatic rings. The SMILES string of the molecule is O=C(O)N1CCC(N(C(=O)C(F)(F)Br)c2ccccc2I)CC1. The fourth-order valence-electron chi connectivity index (χ4n) is 2.57. The van der Waals surface area contributed by atoms with Crippen LogP contribution in [0.4, 0.5) is 19.3 Å². The molecule has 0 saturated carbocycles. The molecule has 0 aromatic heterocycles. The summed E-state index contributed by atoms with van der Waals surface area (Å²) in [6.45, 7) is 0.419. The second kappa shape index (κ2) is 7.29. The van der Waals surface area contributed by atoms with E-state index >= 15 is 0 Å². The molecule has 2 rings (SSSR count). The summed E-state index contributed by atoms with van der Waals surface area (Å²) in [6, 6.07) is 6.30. The van der Waals surface area contributed by atoms with Gasteiger partial charge in [-0.2, -0.15) is 8.78 Å². The average molecular weight is 503 g/mol. The smallest absolute Gasteiger partial charge is 0.407 e. The van der Waals surface area contributed by atoms with Crippen LogP contribution in [0.15, 0.2) is 24.3 Å². The van der Waals surface area contributed by atoms with Gasteiger partial charge in [-0.1, -0.05) is 12.1 Å². The van der Waals surface area contributed by atoms with Gasteiger partial charge in [0.2, 0.25) is 0 Å². The predicted octanol–water partition coefficient (Wildman–Crippen LogP) is 3.75. The maximum Gasteiger partial charge on any atom is 0.407 e. The van der Waals surface area contributed by atoms with Gasteiger partial charge in [-0.25, -0.2) is 4.79 Å². The van der Waals surface area contributed by atoms with E-state index in [1.54, 1.807) is 24.3 Å². The zero-order valence-electron chi connectivity index (χ0n) is 11.9. The summed E-state index contributed by atoms with van der Waals surface area (Å²) in [7, 11) is 0. The topological polar surface area (TPSA) is 60.9 Å². The lowest BCUT2D eigenvalue weighted by Crippen LogP contribution is -2.52. The Hall–Kier alpha value is -0.970. The first-order chi connectivity index (χ1) is 10.7. The third-order valence-electron chi connectivity index (χ3n) is 3.67. The van der Waals surface area contributed by atoms with Crippen LogP contribution in [0.2, 0.25) is 0 Å². The van der Waals surface area contributed by atoms with E-state index in [0.29, 0.717) is 22.1 Å². The molecule has 9 heteroatoms. The molecule has 1 aliphatic rings. The Morgan fingerprint density at radius 2 is 1.87 bits per heavy atom. The third kappa shape index (κ3) is 4.31. The standard InChI is InChI=1S/C14H14BrF2IN2O3/c15-14(16,17)12(21)20(11-4-2-1-3-10(11)18)9-5-7-19(8-6-9)13(22)23/h1-4,9H,5-8H2,(H,22,23). The van der Waals surface area contributed by atoms with Crippen LogP contribution in [0.3, 0.4) is 0 Å². The Balaban J connectivity index is 2.31. The highest BCUT2D eigenvalue weighted by Gasteiger charge is 2.43. The molecule has 0 aliphatic carbocycles. The summed E-state index contributed by atoms with van der Waals surface area (Å²) in [6.07, 6.45) is -0.417. The normalized spacial score (nSPS) is 16.3. The maximum atomic E-state index is 13.6. The quantitative estimate of drug-likeness (QED) is 0.506. The molecule has 5 nitrogen and oxygen atoms in total. The lowest BCUT2D eigenvalue weighted by Gasteiger charge is -2.38. The van der Waals surface area contributed by atoms with Crippen molar-refractivity contribution in [1.82, 2.24) is 4.90 Å². The van der Waals surface area contributed by atoms with Gasteiger partial charge < -0.3 is 14.9 Å². The first-order valence-electron chi connectivity index (χ1n) is 6.84. The fourth-order valence-corrected chi connectivity index (χ4v) is 3.41. The van der Waals surface area contributed by atoms with Crippen molar-refractivity contribution in [2.45, 2.75) is 23.7 Å². The molecule has 1 aromatic carbocycles. The number of hydrogen-bond acceptors (Lipinski definition) is 2. The molecule has 2 amide bonds. The Bertz CT molecular complexity index is 604. The van der Waals surface area contributed by atoms with E-state index in [4.69, 9.17) is 5.11 Å². The molecule has 0 bridgehead atoms. The number of carboxylic acid groups (broad SMARTS) is 1. The minimum atomic E-state index is -3.67. The summed E-state index contributed by atoms with van der Waals surface area (Å²) >= 11 is 4.13.